The van der Waals surface area contributed by atoms with Gasteiger partial charge in [0.1, 0.15) is 6.61 Å². The van der Waals surface area contributed by atoms with Crippen LogP contribution in [0.15, 0.2) is 29.1 Å². The van der Waals surface area contributed by atoms with Gasteiger partial charge in [0.15, 0.2) is 11.5 Å². The Balaban J connectivity index is 1.74. The van der Waals surface area contributed by atoms with Crippen molar-refractivity contribution in [1.82, 2.24) is 15.2 Å². The molecule has 0 spiro atoms. The first-order chi connectivity index (χ1) is 11.7. The standard InChI is InChI=1S/C17H21N3O3S/c1-12-8-18-5-6-20(12)17(21)13-3-4-15(16(7-13)22-2)23-9-14-10-24-11-19-14/h3-4,7,10-12,18H,5-6,8-9H2,1-2H3/t12-/m0/s1. The number of benzene rings is 1. The molecule has 0 bridgehead atoms. The summed E-state index contributed by atoms with van der Waals surface area (Å²) in [5.41, 5.74) is 3.25. The second-order valence-electron chi connectivity index (χ2n) is 5.69. The summed E-state index contributed by atoms with van der Waals surface area (Å²) in [5, 5.41) is 5.23. The molecule has 1 N–H and O–H groups in total. The first-order valence-corrected chi connectivity index (χ1v) is 8.83. The quantitative estimate of drug-likeness (QED) is 0.898. The highest BCUT2D eigenvalue weighted by atomic mass is 32.1. The Hall–Kier alpha value is -2.12. The Labute approximate surface area is 145 Å². The summed E-state index contributed by atoms with van der Waals surface area (Å²) in [6.07, 6.45) is 0. The summed E-state index contributed by atoms with van der Waals surface area (Å²) in [6.45, 7) is 4.78. The first-order valence-electron chi connectivity index (χ1n) is 7.88. The van der Waals surface area contributed by atoms with Gasteiger partial charge in [-0.1, -0.05) is 0 Å². The fourth-order valence-electron chi connectivity index (χ4n) is 2.69. The van der Waals surface area contributed by atoms with Crippen LogP contribution in [0.25, 0.3) is 0 Å². The molecule has 0 radical (unpaired) electrons. The molecule has 2 heterocycles. The number of hydrogen-bond acceptors (Lipinski definition) is 6. The number of hydrogen-bond donors (Lipinski definition) is 1. The van der Waals surface area contributed by atoms with E-state index in [1.165, 1.54) is 11.3 Å². The topological polar surface area (TPSA) is 63.7 Å². The Kier molecular flexibility index (Phi) is 5.32. The van der Waals surface area contributed by atoms with Crippen LogP contribution in [0.3, 0.4) is 0 Å². The third kappa shape index (κ3) is 3.68. The summed E-state index contributed by atoms with van der Waals surface area (Å²) in [4.78, 5) is 18.8. The fourth-order valence-corrected chi connectivity index (χ4v) is 3.23. The smallest absolute Gasteiger partial charge is 0.254 e. The molecule has 1 aromatic carbocycles. The molecule has 1 aromatic heterocycles. The Morgan fingerprint density at radius 3 is 3.04 bits per heavy atom. The molecule has 0 aliphatic carbocycles. The van der Waals surface area contributed by atoms with Gasteiger partial charge in [0.05, 0.1) is 18.3 Å². The van der Waals surface area contributed by atoms with E-state index in [4.69, 9.17) is 9.47 Å². The minimum absolute atomic E-state index is 0.0216. The van der Waals surface area contributed by atoms with Crippen LogP contribution >= 0.6 is 11.3 Å². The minimum Gasteiger partial charge on any atom is -0.493 e. The zero-order valence-corrected chi connectivity index (χ0v) is 14.6. The molecule has 3 rings (SSSR count). The van der Waals surface area contributed by atoms with E-state index in [0.29, 0.717) is 30.2 Å². The predicted molar refractivity (Wildman–Crippen MR) is 92.8 cm³/mol. The molecule has 0 saturated carbocycles. The van der Waals surface area contributed by atoms with Gasteiger partial charge in [0.25, 0.3) is 5.91 Å². The van der Waals surface area contributed by atoms with Crippen molar-refractivity contribution < 1.29 is 14.3 Å². The molecule has 1 aliphatic heterocycles. The Morgan fingerprint density at radius 1 is 1.46 bits per heavy atom. The van der Waals surface area contributed by atoms with Crippen molar-refractivity contribution >= 4 is 17.2 Å². The van der Waals surface area contributed by atoms with Gasteiger partial charge in [0.2, 0.25) is 0 Å². The van der Waals surface area contributed by atoms with Crippen LogP contribution in [-0.4, -0.2) is 48.6 Å². The van der Waals surface area contributed by atoms with E-state index in [2.05, 4.69) is 10.3 Å². The van der Waals surface area contributed by atoms with Crippen molar-refractivity contribution in [2.24, 2.45) is 0 Å². The second kappa shape index (κ2) is 7.63. The van der Waals surface area contributed by atoms with Crippen LogP contribution in [0, 0.1) is 0 Å². The van der Waals surface area contributed by atoms with Gasteiger partial charge in [0, 0.05) is 36.6 Å². The maximum atomic E-state index is 12.7. The number of piperazine rings is 1. The van der Waals surface area contributed by atoms with Crippen LogP contribution in [0.1, 0.15) is 23.0 Å². The van der Waals surface area contributed by atoms with Crippen molar-refractivity contribution in [2.75, 3.05) is 26.7 Å². The fraction of sp³-hybridized carbons (Fsp3) is 0.412. The number of amides is 1. The molecule has 1 atom stereocenters. The van der Waals surface area contributed by atoms with Crippen molar-refractivity contribution in [2.45, 2.75) is 19.6 Å². The van der Waals surface area contributed by atoms with Gasteiger partial charge >= 0.3 is 0 Å². The van der Waals surface area contributed by atoms with Crippen molar-refractivity contribution in [3.05, 3.63) is 40.3 Å². The molecule has 24 heavy (non-hydrogen) atoms. The summed E-state index contributed by atoms with van der Waals surface area (Å²) < 4.78 is 11.2. The van der Waals surface area contributed by atoms with Crippen LogP contribution < -0.4 is 14.8 Å². The van der Waals surface area contributed by atoms with E-state index in [9.17, 15) is 4.79 Å². The van der Waals surface area contributed by atoms with E-state index in [1.54, 1.807) is 30.8 Å². The molecule has 7 heteroatoms. The molecule has 1 saturated heterocycles. The van der Waals surface area contributed by atoms with E-state index < -0.39 is 0 Å². The number of nitrogens with zero attached hydrogens (tertiary/aromatic N) is 2. The monoisotopic (exact) mass is 347 g/mol. The van der Waals surface area contributed by atoms with Gasteiger partial charge in [-0.15, -0.1) is 11.3 Å². The van der Waals surface area contributed by atoms with Gasteiger partial charge in [-0.05, 0) is 25.1 Å². The highest BCUT2D eigenvalue weighted by molar-refractivity contribution is 7.07. The van der Waals surface area contributed by atoms with Crippen LogP contribution in [-0.2, 0) is 6.61 Å². The predicted octanol–water partition coefficient (Wildman–Crippen LogP) is 2.16. The van der Waals surface area contributed by atoms with Gasteiger partial charge in [-0.2, -0.15) is 0 Å². The van der Waals surface area contributed by atoms with Crippen LogP contribution in [0.2, 0.25) is 0 Å². The highest BCUT2D eigenvalue weighted by Gasteiger charge is 2.24. The van der Waals surface area contributed by atoms with Gasteiger partial charge in [-0.3, -0.25) is 4.79 Å². The zero-order valence-electron chi connectivity index (χ0n) is 13.8. The third-order valence-electron chi connectivity index (χ3n) is 4.03. The zero-order chi connectivity index (χ0) is 16.9. The lowest BCUT2D eigenvalue weighted by Gasteiger charge is -2.34. The molecular weight excluding hydrogens is 326 g/mol. The van der Waals surface area contributed by atoms with Crippen molar-refractivity contribution in [3.8, 4) is 11.5 Å². The number of thiazole rings is 1. The normalized spacial score (nSPS) is 17.6. The number of ether oxygens (including phenoxy) is 2. The van der Waals surface area contributed by atoms with Crippen molar-refractivity contribution in [3.63, 3.8) is 0 Å². The lowest BCUT2D eigenvalue weighted by atomic mass is 10.1. The number of nitrogens with one attached hydrogen (secondary N) is 1. The van der Waals surface area contributed by atoms with Crippen LogP contribution in [0.4, 0.5) is 0 Å². The summed E-state index contributed by atoms with van der Waals surface area (Å²) in [6, 6.07) is 5.49. The highest BCUT2D eigenvalue weighted by Crippen LogP contribution is 2.29. The van der Waals surface area contributed by atoms with Crippen LogP contribution in [0.5, 0.6) is 11.5 Å². The average Bonchev–Trinajstić information content (AvgIpc) is 3.13. The summed E-state index contributed by atoms with van der Waals surface area (Å²) in [7, 11) is 1.58. The molecule has 1 fully saturated rings. The molecule has 6 nitrogen and oxygen atoms in total. The number of aromatic nitrogens is 1. The Morgan fingerprint density at radius 2 is 2.33 bits per heavy atom. The molecular formula is C17H21N3O3S. The molecule has 1 amide bonds. The molecule has 2 aromatic rings. The number of methoxy groups -OCH3 is 1. The van der Waals surface area contributed by atoms with E-state index >= 15 is 0 Å². The van der Waals surface area contributed by atoms with E-state index in [1.807, 2.05) is 17.2 Å². The van der Waals surface area contributed by atoms with Gasteiger partial charge in [-0.25, -0.2) is 4.98 Å². The number of carbonyl (C=O) groups excluding carboxylic acids is 1. The van der Waals surface area contributed by atoms with Gasteiger partial charge < -0.3 is 19.7 Å². The molecule has 1 aliphatic rings. The number of rotatable bonds is 5. The number of carbonyl (C=O) groups is 1. The lowest BCUT2D eigenvalue weighted by Crippen LogP contribution is -2.52. The lowest BCUT2D eigenvalue weighted by molar-refractivity contribution is 0.0655. The SMILES string of the molecule is COc1cc(C(=O)N2CCNC[C@@H]2C)ccc1OCc1cscn1. The maximum Gasteiger partial charge on any atom is 0.254 e. The third-order valence-corrected chi connectivity index (χ3v) is 4.67. The molecule has 128 valence electrons. The summed E-state index contributed by atoms with van der Waals surface area (Å²) >= 11 is 1.53. The Bertz CT molecular complexity index is 690. The first kappa shape index (κ1) is 16.7. The maximum absolute atomic E-state index is 12.7. The average molecular weight is 347 g/mol. The molecule has 0 unspecified atom stereocenters. The van der Waals surface area contributed by atoms with E-state index in [0.717, 1.165) is 18.8 Å². The minimum atomic E-state index is 0.0216. The van der Waals surface area contributed by atoms with E-state index in [-0.39, 0.29) is 11.9 Å². The summed E-state index contributed by atoms with van der Waals surface area (Å²) in [5.74, 6) is 1.18. The second-order valence-corrected chi connectivity index (χ2v) is 6.40. The largest absolute Gasteiger partial charge is 0.493 e. The van der Waals surface area contributed by atoms with Crippen molar-refractivity contribution in [1.29, 1.82) is 0 Å².